The van der Waals surface area contributed by atoms with E-state index in [1.807, 2.05) is 0 Å². The molecule has 0 unspecified atom stereocenters. The second-order valence-electron chi connectivity index (χ2n) is 0.755. The lowest BCUT2D eigenvalue weighted by Crippen LogP contribution is -1.73. The van der Waals surface area contributed by atoms with E-state index in [1.165, 1.54) is 6.29 Å². The summed E-state index contributed by atoms with van der Waals surface area (Å²) in [5.41, 5.74) is 0. The summed E-state index contributed by atoms with van der Waals surface area (Å²) in [4.78, 5) is 19.0. The van der Waals surface area contributed by atoms with Gasteiger partial charge in [-0.15, -0.1) is 0 Å². The second-order valence-corrected chi connectivity index (χ2v) is 1.13. The highest BCUT2D eigenvalue weighted by Crippen LogP contribution is 1.78. The first-order valence-corrected chi connectivity index (χ1v) is 1.89. The summed E-state index contributed by atoms with van der Waals surface area (Å²) in [6, 6.07) is 0. The maximum atomic E-state index is 9.70. The summed E-state index contributed by atoms with van der Waals surface area (Å²) in [5, 5.41) is -0.664. The zero-order valence-electron chi connectivity index (χ0n) is 3.35. The fraction of sp³-hybridized carbons (Fsp3) is 0. The van der Waals surface area contributed by atoms with Crippen LogP contribution in [-0.4, -0.2) is 11.5 Å². The molecule has 0 aliphatic rings. The Morgan fingerprint density at radius 2 is 2.29 bits per heavy atom. The molecule has 0 saturated heterocycles. The van der Waals surface area contributed by atoms with Crippen molar-refractivity contribution in [3.05, 3.63) is 12.2 Å². The van der Waals surface area contributed by atoms with Crippen LogP contribution in [0.1, 0.15) is 0 Å². The lowest BCUT2D eigenvalue weighted by atomic mass is 10.6. The molecule has 0 rings (SSSR count). The zero-order valence-corrected chi connectivity index (χ0v) is 4.11. The van der Waals surface area contributed by atoms with Crippen molar-refractivity contribution < 1.29 is 9.59 Å². The lowest BCUT2D eigenvalue weighted by molar-refractivity contribution is -0.107. The van der Waals surface area contributed by atoms with Crippen molar-refractivity contribution in [2.75, 3.05) is 0 Å². The van der Waals surface area contributed by atoms with Crippen LogP contribution in [0.3, 0.4) is 0 Å². The van der Waals surface area contributed by atoms with Crippen molar-refractivity contribution in [1.29, 1.82) is 0 Å². The van der Waals surface area contributed by atoms with Crippen LogP contribution in [0.4, 0.5) is 0 Å². The van der Waals surface area contributed by atoms with Gasteiger partial charge in [0.05, 0.1) is 0 Å². The largest absolute Gasteiger partial charge is 0.286 e. The van der Waals surface area contributed by atoms with Gasteiger partial charge >= 0.3 is 0 Å². The minimum Gasteiger partial charge on any atom is -0.286 e. The van der Waals surface area contributed by atoms with Gasteiger partial charge in [0.15, 0.2) is 0 Å². The summed E-state index contributed by atoms with van der Waals surface area (Å²) in [5.74, 6) is 0. The maximum Gasteiger partial charge on any atom is 0.245 e. The third-order valence-corrected chi connectivity index (χ3v) is 0.408. The Bertz CT molecular complexity index is 106. The molecule has 0 amide bonds. The number of halogens is 1. The Labute approximate surface area is 45.8 Å². The van der Waals surface area contributed by atoms with Crippen molar-refractivity contribution in [3.63, 3.8) is 0 Å². The van der Waals surface area contributed by atoms with Gasteiger partial charge in [-0.05, 0) is 17.7 Å². The van der Waals surface area contributed by atoms with Gasteiger partial charge in [0.1, 0.15) is 0 Å². The predicted octanol–water partition coefficient (Wildman–Crippen LogP) is 0.418. The van der Waals surface area contributed by atoms with Gasteiger partial charge < -0.3 is 0 Å². The first-order chi connectivity index (χ1) is 3.27. The van der Waals surface area contributed by atoms with Crippen LogP contribution in [0.15, 0.2) is 12.2 Å². The van der Waals surface area contributed by atoms with E-state index in [0.717, 1.165) is 12.2 Å². The molecule has 0 aromatic heterocycles. The van der Waals surface area contributed by atoms with E-state index in [0.29, 0.717) is 0 Å². The van der Waals surface area contributed by atoms with Gasteiger partial charge in [-0.25, -0.2) is 0 Å². The van der Waals surface area contributed by atoms with Crippen LogP contribution >= 0.6 is 11.6 Å². The van der Waals surface area contributed by atoms with E-state index in [1.54, 1.807) is 0 Å². The smallest absolute Gasteiger partial charge is 0.245 e. The Morgan fingerprint density at radius 1 is 1.71 bits per heavy atom. The van der Waals surface area contributed by atoms with Crippen molar-refractivity contribution in [2.24, 2.45) is 0 Å². The van der Waals surface area contributed by atoms with Crippen molar-refractivity contribution in [3.8, 4) is 0 Å². The van der Waals surface area contributed by atoms with E-state index >= 15 is 0 Å². The number of allylic oxidation sites excluding steroid dienone is 2. The lowest BCUT2D eigenvalue weighted by Gasteiger charge is -1.64. The average Bonchev–Trinajstić information content (AvgIpc) is 1.61. The average molecular weight is 118 g/mol. The Balaban J connectivity index is 3.46. The Kier molecular flexibility index (Phi) is 3.24. The SMILES string of the molecule is O=[C]/C=C\C(=O)Cl. The molecule has 0 spiro atoms. The molecule has 0 aliphatic heterocycles. The molecule has 2 nitrogen and oxygen atoms in total. The van der Waals surface area contributed by atoms with Crippen LogP contribution in [0.5, 0.6) is 0 Å². The maximum absolute atomic E-state index is 9.70. The van der Waals surface area contributed by atoms with Gasteiger partial charge in [-0.2, -0.15) is 0 Å². The van der Waals surface area contributed by atoms with Gasteiger partial charge in [0.2, 0.25) is 11.5 Å². The highest BCUT2D eigenvalue weighted by molar-refractivity contribution is 6.66. The molecule has 0 fully saturated rings. The summed E-state index contributed by atoms with van der Waals surface area (Å²) >= 11 is 4.75. The Hall–Kier alpha value is -0.630. The van der Waals surface area contributed by atoms with Crippen molar-refractivity contribution in [1.82, 2.24) is 0 Å². The first-order valence-electron chi connectivity index (χ1n) is 1.51. The summed E-state index contributed by atoms with van der Waals surface area (Å²) in [6.45, 7) is 0. The van der Waals surface area contributed by atoms with Gasteiger partial charge in [0, 0.05) is 6.08 Å². The molecule has 0 heterocycles. The fourth-order valence-corrected chi connectivity index (χ4v) is 0.163. The Morgan fingerprint density at radius 3 is 2.43 bits per heavy atom. The highest BCUT2D eigenvalue weighted by Gasteiger charge is 1.80. The van der Waals surface area contributed by atoms with Gasteiger partial charge in [-0.1, -0.05) is 0 Å². The molecule has 3 heteroatoms. The molecule has 0 atom stereocenters. The normalized spacial score (nSPS) is 9.29. The van der Waals surface area contributed by atoms with Crippen LogP contribution < -0.4 is 0 Å². The number of rotatable bonds is 2. The second kappa shape index (κ2) is 3.56. The topological polar surface area (TPSA) is 34.1 Å². The molecular formula is C4H2ClO2. The fourth-order valence-electron chi connectivity index (χ4n) is 0.0995. The van der Waals surface area contributed by atoms with Crippen LogP contribution in [0, 0.1) is 0 Å². The quantitative estimate of drug-likeness (QED) is 0.388. The molecule has 0 bridgehead atoms. The molecule has 0 aromatic rings. The minimum absolute atomic E-state index is 0.664. The van der Waals surface area contributed by atoms with Crippen LogP contribution in [-0.2, 0) is 9.59 Å². The van der Waals surface area contributed by atoms with E-state index in [-0.39, 0.29) is 0 Å². The van der Waals surface area contributed by atoms with E-state index in [2.05, 4.69) is 0 Å². The van der Waals surface area contributed by atoms with Crippen LogP contribution in [0.25, 0.3) is 0 Å². The van der Waals surface area contributed by atoms with Crippen molar-refractivity contribution >= 4 is 23.1 Å². The standard InChI is InChI=1S/C4H2ClO2/c5-4(7)2-1-3-6/h1-2H/b2-1-. The molecule has 0 aromatic carbocycles. The molecule has 0 N–H and O–H groups in total. The van der Waals surface area contributed by atoms with Gasteiger partial charge in [-0.3, -0.25) is 9.59 Å². The number of hydrogen-bond acceptors (Lipinski definition) is 2. The van der Waals surface area contributed by atoms with Crippen LogP contribution in [0.2, 0.25) is 0 Å². The number of hydrogen-bond donors (Lipinski definition) is 0. The third-order valence-electron chi connectivity index (χ3n) is 0.282. The van der Waals surface area contributed by atoms with Gasteiger partial charge in [0.25, 0.3) is 0 Å². The highest BCUT2D eigenvalue weighted by atomic mass is 35.5. The monoisotopic (exact) mass is 117 g/mol. The molecular weight excluding hydrogens is 115 g/mol. The minimum atomic E-state index is -0.664. The third kappa shape index (κ3) is 5.37. The molecule has 7 heavy (non-hydrogen) atoms. The zero-order chi connectivity index (χ0) is 5.70. The molecule has 0 aliphatic carbocycles. The predicted molar refractivity (Wildman–Crippen MR) is 25.7 cm³/mol. The number of carbonyl (C=O) groups is 1. The number of carbonyl (C=O) groups excluding carboxylic acids is 2. The molecule has 1 radical (unpaired) electrons. The summed E-state index contributed by atoms with van der Waals surface area (Å²) in [7, 11) is 0. The van der Waals surface area contributed by atoms with E-state index in [9.17, 15) is 9.59 Å². The summed E-state index contributed by atoms with van der Waals surface area (Å²) in [6.07, 6.45) is 3.20. The van der Waals surface area contributed by atoms with Crippen molar-refractivity contribution in [2.45, 2.75) is 0 Å². The van der Waals surface area contributed by atoms with E-state index in [4.69, 9.17) is 11.6 Å². The summed E-state index contributed by atoms with van der Waals surface area (Å²) < 4.78 is 0. The molecule has 0 saturated carbocycles. The first kappa shape index (κ1) is 6.37. The molecule has 37 valence electrons. The van der Waals surface area contributed by atoms with E-state index < -0.39 is 5.24 Å².